The van der Waals surface area contributed by atoms with Gasteiger partial charge < -0.3 is 10.3 Å². The summed E-state index contributed by atoms with van der Waals surface area (Å²) in [5, 5.41) is 0. The molecule has 0 amide bonds. The topological polar surface area (TPSA) is 79.8 Å². The van der Waals surface area contributed by atoms with Crippen LogP contribution in [0.5, 0.6) is 0 Å². The Morgan fingerprint density at radius 1 is 1.50 bits per heavy atom. The first-order valence-corrected chi connectivity index (χ1v) is 4.12. The lowest BCUT2D eigenvalue weighted by Crippen LogP contribution is -2.26. The van der Waals surface area contributed by atoms with E-state index in [9.17, 15) is 9.59 Å². The van der Waals surface area contributed by atoms with E-state index in [0.29, 0.717) is 6.42 Å². The number of rotatable bonds is 5. The molecule has 0 aliphatic heterocycles. The number of Topliss-reactive ketones (excluding diaryl/α,β-unsaturated/α-hetero) is 1. The van der Waals surface area contributed by atoms with Crippen molar-refractivity contribution in [3.63, 3.8) is 0 Å². The SMILES string of the molecule is CC=CCCC(=O)C(=[N+]=[N-])C(=O)OC. The van der Waals surface area contributed by atoms with Crippen LogP contribution in [0.15, 0.2) is 12.2 Å². The lowest BCUT2D eigenvalue weighted by Gasteiger charge is -1.92. The van der Waals surface area contributed by atoms with E-state index in [-0.39, 0.29) is 6.42 Å². The molecule has 0 aromatic rings. The van der Waals surface area contributed by atoms with E-state index in [1.165, 1.54) is 0 Å². The highest BCUT2D eigenvalue weighted by Crippen LogP contribution is 1.95. The average molecular weight is 196 g/mol. The van der Waals surface area contributed by atoms with E-state index in [4.69, 9.17) is 5.53 Å². The van der Waals surface area contributed by atoms with Gasteiger partial charge in [0.15, 0.2) is 0 Å². The van der Waals surface area contributed by atoms with Crippen molar-refractivity contribution in [2.24, 2.45) is 0 Å². The van der Waals surface area contributed by atoms with Crippen molar-refractivity contribution in [3.8, 4) is 0 Å². The number of methoxy groups -OCH3 is 1. The Morgan fingerprint density at radius 3 is 2.57 bits per heavy atom. The first-order chi connectivity index (χ1) is 6.67. The minimum Gasteiger partial charge on any atom is -0.460 e. The summed E-state index contributed by atoms with van der Waals surface area (Å²) in [6.45, 7) is 1.83. The molecular weight excluding hydrogens is 184 g/mol. The predicted octanol–water partition coefficient (Wildman–Crippen LogP) is 0.756. The van der Waals surface area contributed by atoms with Gasteiger partial charge in [0.05, 0.1) is 7.11 Å². The zero-order valence-corrected chi connectivity index (χ0v) is 8.19. The zero-order chi connectivity index (χ0) is 11.0. The Morgan fingerprint density at radius 2 is 2.14 bits per heavy atom. The molecule has 5 nitrogen and oxygen atoms in total. The van der Waals surface area contributed by atoms with Crippen LogP contribution in [0.1, 0.15) is 19.8 Å². The molecule has 0 N–H and O–H groups in total. The van der Waals surface area contributed by atoms with Crippen LogP contribution in [0.3, 0.4) is 0 Å². The molecule has 0 unspecified atom stereocenters. The normalized spacial score (nSPS) is 9.57. The Bertz CT molecular complexity index is 301. The monoisotopic (exact) mass is 196 g/mol. The van der Waals surface area contributed by atoms with Crippen LogP contribution < -0.4 is 0 Å². The molecule has 0 fully saturated rings. The van der Waals surface area contributed by atoms with Crippen LogP contribution in [0.25, 0.3) is 5.53 Å². The standard InChI is InChI=1S/C9H12N2O3/c1-3-4-5-6-7(12)8(11-10)9(13)14-2/h3-4H,5-6H2,1-2H3. The fourth-order valence-electron chi connectivity index (χ4n) is 0.807. The third kappa shape index (κ3) is 3.78. The highest BCUT2D eigenvalue weighted by atomic mass is 16.5. The van der Waals surface area contributed by atoms with Gasteiger partial charge in [-0.1, -0.05) is 12.2 Å². The molecule has 0 rings (SSSR count). The van der Waals surface area contributed by atoms with E-state index >= 15 is 0 Å². The number of esters is 1. The quantitative estimate of drug-likeness (QED) is 0.162. The van der Waals surface area contributed by atoms with Gasteiger partial charge in [0.1, 0.15) is 0 Å². The van der Waals surface area contributed by atoms with Crippen molar-refractivity contribution in [1.82, 2.24) is 0 Å². The van der Waals surface area contributed by atoms with Gasteiger partial charge in [0.25, 0.3) is 5.78 Å². The summed E-state index contributed by atoms with van der Waals surface area (Å²) in [5.41, 5.74) is 7.84. The van der Waals surface area contributed by atoms with Crippen LogP contribution >= 0.6 is 0 Å². The van der Waals surface area contributed by atoms with Crippen molar-refractivity contribution in [2.75, 3.05) is 7.11 Å². The molecule has 0 aliphatic carbocycles. The Kier molecular flexibility index (Phi) is 5.90. The number of ketones is 1. The van der Waals surface area contributed by atoms with Crippen molar-refractivity contribution in [1.29, 1.82) is 0 Å². The summed E-state index contributed by atoms with van der Waals surface area (Å²) in [6, 6.07) is 0. The maximum atomic E-state index is 11.2. The van der Waals surface area contributed by atoms with Crippen LogP contribution in [-0.2, 0) is 14.3 Å². The van der Waals surface area contributed by atoms with Crippen LogP contribution in [0, 0.1) is 0 Å². The Hall–Kier alpha value is -1.74. The molecule has 0 atom stereocenters. The van der Waals surface area contributed by atoms with Gasteiger partial charge in [-0.3, -0.25) is 4.79 Å². The zero-order valence-electron chi connectivity index (χ0n) is 8.19. The fraction of sp³-hybridized carbons (Fsp3) is 0.444. The summed E-state index contributed by atoms with van der Waals surface area (Å²) in [5.74, 6) is -1.45. The maximum Gasteiger partial charge on any atom is 0.441 e. The van der Waals surface area contributed by atoms with Gasteiger partial charge in [-0.05, 0) is 13.3 Å². The van der Waals surface area contributed by atoms with Crippen molar-refractivity contribution < 1.29 is 19.1 Å². The largest absolute Gasteiger partial charge is 0.460 e. The van der Waals surface area contributed by atoms with Gasteiger partial charge in [-0.15, -0.1) is 0 Å². The molecule has 0 saturated heterocycles. The first kappa shape index (κ1) is 12.3. The average Bonchev–Trinajstić information content (AvgIpc) is 2.19. The molecule has 0 spiro atoms. The second-order valence-electron chi connectivity index (χ2n) is 2.47. The number of ether oxygens (including phenoxy) is 1. The molecular formula is C9H12N2O3. The van der Waals surface area contributed by atoms with Gasteiger partial charge >= 0.3 is 11.7 Å². The molecule has 76 valence electrons. The summed E-state index contributed by atoms with van der Waals surface area (Å²) in [7, 11) is 1.12. The van der Waals surface area contributed by atoms with Crippen LogP contribution in [-0.4, -0.2) is 29.4 Å². The fourth-order valence-corrected chi connectivity index (χ4v) is 0.807. The molecule has 0 aromatic carbocycles. The van der Waals surface area contributed by atoms with Crippen molar-refractivity contribution in [2.45, 2.75) is 19.8 Å². The lowest BCUT2D eigenvalue weighted by molar-refractivity contribution is -0.139. The summed E-state index contributed by atoms with van der Waals surface area (Å²) >= 11 is 0. The summed E-state index contributed by atoms with van der Waals surface area (Å²) in [4.78, 5) is 24.7. The first-order valence-electron chi connectivity index (χ1n) is 4.12. The number of carbonyl (C=O) groups excluding carboxylic acids is 2. The smallest absolute Gasteiger partial charge is 0.441 e. The van der Waals surface area contributed by atoms with Crippen LogP contribution in [0.2, 0.25) is 0 Å². The molecule has 5 heteroatoms. The predicted molar refractivity (Wildman–Crippen MR) is 49.7 cm³/mol. The lowest BCUT2D eigenvalue weighted by atomic mass is 10.1. The second kappa shape index (κ2) is 6.74. The van der Waals surface area contributed by atoms with Gasteiger partial charge in [-0.2, -0.15) is 4.79 Å². The highest BCUT2D eigenvalue weighted by Gasteiger charge is 2.29. The third-order valence-corrected chi connectivity index (χ3v) is 1.52. The molecule has 14 heavy (non-hydrogen) atoms. The van der Waals surface area contributed by atoms with E-state index in [1.807, 2.05) is 6.92 Å². The number of carbonyl (C=O) groups is 2. The number of hydrogen-bond donors (Lipinski definition) is 0. The molecule has 0 saturated carbocycles. The van der Waals surface area contributed by atoms with Gasteiger partial charge in [0.2, 0.25) is 0 Å². The Balaban J connectivity index is 4.35. The molecule has 0 aliphatic rings. The third-order valence-electron chi connectivity index (χ3n) is 1.52. The minimum absolute atomic E-state index is 0.124. The molecule has 0 heterocycles. The molecule has 0 radical (unpaired) electrons. The van der Waals surface area contributed by atoms with Crippen molar-refractivity contribution >= 4 is 17.5 Å². The highest BCUT2D eigenvalue weighted by molar-refractivity contribution is 6.62. The minimum atomic E-state index is -0.919. The summed E-state index contributed by atoms with van der Waals surface area (Å²) in [6.07, 6.45) is 4.20. The maximum absolute atomic E-state index is 11.2. The molecule has 0 aromatic heterocycles. The van der Waals surface area contributed by atoms with Crippen molar-refractivity contribution in [3.05, 3.63) is 17.7 Å². The number of nitrogens with zero attached hydrogens (tertiary/aromatic N) is 2. The Labute approximate surface area is 82.0 Å². The number of allylic oxidation sites excluding steroid dienone is 2. The van der Waals surface area contributed by atoms with Gasteiger partial charge in [0, 0.05) is 6.42 Å². The van der Waals surface area contributed by atoms with Crippen LogP contribution in [0.4, 0.5) is 0 Å². The molecule has 0 bridgehead atoms. The van der Waals surface area contributed by atoms with E-state index in [0.717, 1.165) is 7.11 Å². The summed E-state index contributed by atoms with van der Waals surface area (Å²) < 4.78 is 4.26. The van der Waals surface area contributed by atoms with Gasteiger partial charge in [-0.25, -0.2) is 4.79 Å². The van der Waals surface area contributed by atoms with E-state index in [2.05, 4.69) is 9.53 Å². The van der Waals surface area contributed by atoms with E-state index in [1.54, 1.807) is 12.2 Å². The second-order valence-corrected chi connectivity index (χ2v) is 2.47. The van der Waals surface area contributed by atoms with E-state index < -0.39 is 17.5 Å². The number of hydrogen-bond acceptors (Lipinski definition) is 3.